The molecule has 1 heterocycles. The lowest BCUT2D eigenvalue weighted by Crippen LogP contribution is -2.25. The molecular weight excluding hydrogens is 324 g/mol. The summed E-state index contributed by atoms with van der Waals surface area (Å²) in [5.41, 5.74) is 5.00. The molecule has 2 rings (SSSR count). The summed E-state index contributed by atoms with van der Waals surface area (Å²) in [5, 5.41) is 3.65. The second-order valence-corrected chi connectivity index (χ2v) is 6.36. The maximum absolute atomic E-state index is 4.54. The van der Waals surface area contributed by atoms with Crippen LogP contribution in [0.4, 0.5) is 0 Å². The van der Waals surface area contributed by atoms with Gasteiger partial charge in [0.1, 0.15) is 0 Å². The molecule has 0 bridgehead atoms. The minimum atomic E-state index is 0.286. The average Bonchev–Trinajstić information content (AvgIpc) is 2.46. The van der Waals surface area contributed by atoms with E-state index in [0.29, 0.717) is 0 Å². The van der Waals surface area contributed by atoms with Gasteiger partial charge in [-0.15, -0.1) is 0 Å². The molecule has 1 unspecified atom stereocenters. The first-order chi connectivity index (χ1) is 10.1. The molecule has 2 nitrogen and oxygen atoms in total. The van der Waals surface area contributed by atoms with E-state index in [-0.39, 0.29) is 6.04 Å². The molecule has 1 aromatic carbocycles. The lowest BCUT2D eigenvalue weighted by Gasteiger charge is -2.21. The second kappa shape index (κ2) is 7.71. The van der Waals surface area contributed by atoms with Crippen molar-refractivity contribution in [3.8, 4) is 0 Å². The minimum absolute atomic E-state index is 0.286. The van der Waals surface area contributed by atoms with E-state index in [2.05, 4.69) is 71.3 Å². The SMILES string of the molecule is CCCNC(Cc1ncccc1C)c1ccc(C)cc1Br. The van der Waals surface area contributed by atoms with E-state index in [1.165, 1.54) is 26.9 Å². The number of benzene rings is 1. The van der Waals surface area contributed by atoms with Crippen molar-refractivity contribution in [2.45, 2.75) is 39.7 Å². The highest BCUT2D eigenvalue weighted by Gasteiger charge is 2.16. The zero-order chi connectivity index (χ0) is 15.2. The van der Waals surface area contributed by atoms with Gasteiger partial charge >= 0.3 is 0 Å². The molecule has 0 aliphatic rings. The summed E-state index contributed by atoms with van der Waals surface area (Å²) in [6.07, 6.45) is 3.92. The van der Waals surface area contributed by atoms with Gasteiger partial charge in [0.25, 0.3) is 0 Å². The fourth-order valence-corrected chi connectivity index (χ4v) is 3.22. The smallest absolute Gasteiger partial charge is 0.0451 e. The van der Waals surface area contributed by atoms with Crippen molar-refractivity contribution in [2.75, 3.05) is 6.54 Å². The van der Waals surface area contributed by atoms with E-state index in [1.54, 1.807) is 0 Å². The predicted molar refractivity (Wildman–Crippen MR) is 92.6 cm³/mol. The third-order valence-corrected chi connectivity index (χ3v) is 4.37. The van der Waals surface area contributed by atoms with Gasteiger partial charge in [0.2, 0.25) is 0 Å². The lowest BCUT2D eigenvalue weighted by atomic mass is 9.98. The van der Waals surface area contributed by atoms with Gasteiger partial charge in [-0.05, 0) is 55.6 Å². The van der Waals surface area contributed by atoms with Gasteiger partial charge in [0.05, 0.1) is 0 Å². The molecule has 0 aliphatic heterocycles. The van der Waals surface area contributed by atoms with Gasteiger partial charge < -0.3 is 5.32 Å². The standard InChI is InChI=1S/C18H23BrN2/c1-4-9-20-18(12-17-14(3)6-5-10-21-17)15-8-7-13(2)11-16(15)19/h5-8,10-11,18,20H,4,9,12H2,1-3H3. The average molecular weight is 347 g/mol. The molecule has 21 heavy (non-hydrogen) atoms. The summed E-state index contributed by atoms with van der Waals surface area (Å²) in [5.74, 6) is 0. The van der Waals surface area contributed by atoms with E-state index in [1.807, 2.05) is 12.3 Å². The van der Waals surface area contributed by atoms with Gasteiger partial charge in [-0.2, -0.15) is 0 Å². The van der Waals surface area contributed by atoms with Gasteiger partial charge in [-0.1, -0.05) is 41.1 Å². The van der Waals surface area contributed by atoms with Crippen molar-refractivity contribution < 1.29 is 0 Å². The highest BCUT2D eigenvalue weighted by molar-refractivity contribution is 9.10. The van der Waals surface area contributed by atoms with Crippen molar-refractivity contribution in [1.29, 1.82) is 0 Å². The van der Waals surface area contributed by atoms with Crippen LogP contribution in [-0.2, 0) is 6.42 Å². The molecule has 0 saturated carbocycles. The maximum atomic E-state index is 4.54. The highest BCUT2D eigenvalue weighted by atomic mass is 79.9. The van der Waals surface area contributed by atoms with Crippen LogP contribution in [-0.4, -0.2) is 11.5 Å². The predicted octanol–water partition coefficient (Wildman–Crippen LogP) is 4.74. The van der Waals surface area contributed by atoms with Crippen molar-refractivity contribution in [2.24, 2.45) is 0 Å². The van der Waals surface area contributed by atoms with Crippen LogP contribution in [0, 0.1) is 13.8 Å². The minimum Gasteiger partial charge on any atom is -0.310 e. The molecule has 0 radical (unpaired) electrons. The fourth-order valence-electron chi connectivity index (χ4n) is 2.45. The van der Waals surface area contributed by atoms with Crippen LogP contribution in [0.15, 0.2) is 41.0 Å². The molecule has 2 aromatic rings. The lowest BCUT2D eigenvalue weighted by molar-refractivity contribution is 0.521. The first-order valence-electron chi connectivity index (χ1n) is 7.51. The fraction of sp³-hybridized carbons (Fsp3) is 0.389. The largest absolute Gasteiger partial charge is 0.310 e. The summed E-state index contributed by atoms with van der Waals surface area (Å²) in [7, 11) is 0. The number of rotatable bonds is 6. The van der Waals surface area contributed by atoms with Gasteiger partial charge in [0, 0.05) is 28.8 Å². The van der Waals surface area contributed by atoms with Crippen LogP contribution in [0.25, 0.3) is 0 Å². The first kappa shape index (κ1) is 16.2. The number of halogens is 1. The van der Waals surface area contributed by atoms with Crippen LogP contribution < -0.4 is 5.32 Å². The Labute approximate surface area is 136 Å². The first-order valence-corrected chi connectivity index (χ1v) is 8.31. The molecule has 0 aliphatic carbocycles. The summed E-state index contributed by atoms with van der Waals surface area (Å²) in [6.45, 7) is 7.45. The van der Waals surface area contributed by atoms with Crippen LogP contribution in [0.5, 0.6) is 0 Å². The maximum Gasteiger partial charge on any atom is 0.0451 e. The zero-order valence-corrected chi connectivity index (χ0v) is 14.6. The topological polar surface area (TPSA) is 24.9 Å². The van der Waals surface area contributed by atoms with Crippen LogP contribution >= 0.6 is 15.9 Å². The number of nitrogens with one attached hydrogen (secondary N) is 1. The van der Waals surface area contributed by atoms with E-state index in [0.717, 1.165) is 19.4 Å². The normalized spacial score (nSPS) is 12.4. The summed E-state index contributed by atoms with van der Waals surface area (Å²) in [4.78, 5) is 4.54. The zero-order valence-electron chi connectivity index (χ0n) is 13.0. The molecule has 1 atom stereocenters. The molecule has 0 amide bonds. The molecule has 0 fully saturated rings. The number of hydrogen-bond acceptors (Lipinski definition) is 2. The quantitative estimate of drug-likeness (QED) is 0.816. The van der Waals surface area contributed by atoms with Gasteiger partial charge in [-0.25, -0.2) is 0 Å². The summed E-state index contributed by atoms with van der Waals surface area (Å²) in [6, 6.07) is 11.0. The Kier molecular flexibility index (Phi) is 5.95. The molecule has 112 valence electrons. The molecule has 1 aromatic heterocycles. The van der Waals surface area contributed by atoms with Crippen LogP contribution in [0.3, 0.4) is 0 Å². The van der Waals surface area contributed by atoms with Crippen LogP contribution in [0.1, 0.15) is 41.8 Å². The number of aromatic nitrogens is 1. The van der Waals surface area contributed by atoms with E-state index in [4.69, 9.17) is 0 Å². The summed E-state index contributed by atoms with van der Waals surface area (Å²) < 4.78 is 1.17. The van der Waals surface area contributed by atoms with Crippen molar-refractivity contribution in [3.63, 3.8) is 0 Å². The Morgan fingerprint density at radius 1 is 1.24 bits per heavy atom. The second-order valence-electron chi connectivity index (χ2n) is 5.50. The monoisotopic (exact) mass is 346 g/mol. The Bertz CT molecular complexity index is 596. The number of hydrogen-bond donors (Lipinski definition) is 1. The Hall–Kier alpha value is -1.19. The Morgan fingerprint density at radius 3 is 2.71 bits per heavy atom. The van der Waals surface area contributed by atoms with Crippen LogP contribution in [0.2, 0.25) is 0 Å². The molecule has 3 heteroatoms. The van der Waals surface area contributed by atoms with E-state index >= 15 is 0 Å². The van der Waals surface area contributed by atoms with Crippen molar-refractivity contribution in [3.05, 3.63) is 63.4 Å². The number of nitrogens with zero attached hydrogens (tertiary/aromatic N) is 1. The molecular formula is C18H23BrN2. The third-order valence-electron chi connectivity index (χ3n) is 3.69. The number of pyridine rings is 1. The molecule has 0 spiro atoms. The van der Waals surface area contributed by atoms with E-state index in [9.17, 15) is 0 Å². The third kappa shape index (κ3) is 4.39. The Balaban J connectivity index is 2.27. The molecule has 0 saturated heterocycles. The number of aryl methyl sites for hydroxylation is 2. The Morgan fingerprint density at radius 2 is 2.05 bits per heavy atom. The van der Waals surface area contributed by atoms with Gasteiger partial charge in [-0.3, -0.25) is 4.98 Å². The summed E-state index contributed by atoms with van der Waals surface area (Å²) >= 11 is 3.71. The van der Waals surface area contributed by atoms with Gasteiger partial charge in [0.15, 0.2) is 0 Å². The highest BCUT2D eigenvalue weighted by Crippen LogP contribution is 2.27. The van der Waals surface area contributed by atoms with E-state index < -0.39 is 0 Å². The molecule has 1 N–H and O–H groups in total. The van der Waals surface area contributed by atoms with Crippen molar-refractivity contribution in [1.82, 2.24) is 10.3 Å². The van der Waals surface area contributed by atoms with Crippen molar-refractivity contribution >= 4 is 15.9 Å².